The number of nitrogens with zero attached hydrogens (tertiary/aromatic N) is 1. The molecule has 21 heavy (non-hydrogen) atoms. The molecule has 0 radical (unpaired) electrons. The molecular formula is C18H28N2O. The minimum atomic E-state index is 0.148. The second kappa shape index (κ2) is 8.06. The molecule has 2 unspecified atom stereocenters. The summed E-state index contributed by atoms with van der Waals surface area (Å²) in [7, 11) is 1.97. The molecular weight excluding hydrogens is 260 g/mol. The highest BCUT2D eigenvalue weighted by molar-refractivity contribution is 5.81. The molecule has 0 aliphatic heterocycles. The van der Waals surface area contributed by atoms with Crippen LogP contribution in [0.5, 0.6) is 0 Å². The van der Waals surface area contributed by atoms with Gasteiger partial charge in [-0.3, -0.25) is 4.79 Å². The fourth-order valence-corrected chi connectivity index (χ4v) is 3.28. The predicted molar refractivity (Wildman–Crippen MR) is 88.5 cm³/mol. The topological polar surface area (TPSA) is 32.3 Å². The van der Waals surface area contributed by atoms with Crippen LogP contribution >= 0.6 is 0 Å². The molecule has 1 N–H and O–H groups in total. The van der Waals surface area contributed by atoms with Crippen molar-refractivity contribution >= 4 is 11.6 Å². The van der Waals surface area contributed by atoms with Crippen LogP contribution in [0.15, 0.2) is 30.3 Å². The van der Waals surface area contributed by atoms with E-state index in [1.165, 1.54) is 32.1 Å². The zero-order valence-electron chi connectivity index (χ0n) is 13.3. The molecule has 0 aromatic heterocycles. The number of hydrogen-bond donors (Lipinski definition) is 1. The summed E-state index contributed by atoms with van der Waals surface area (Å²) in [5.74, 6) is 0.839. The van der Waals surface area contributed by atoms with Gasteiger partial charge in [0.1, 0.15) is 0 Å². The lowest BCUT2D eigenvalue weighted by atomic mass is 9.97. The van der Waals surface area contributed by atoms with Gasteiger partial charge in [-0.15, -0.1) is 0 Å². The van der Waals surface area contributed by atoms with E-state index in [1.807, 2.05) is 42.3 Å². The smallest absolute Gasteiger partial charge is 0.239 e. The van der Waals surface area contributed by atoms with Crippen LogP contribution in [0.4, 0.5) is 5.69 Å². The Hall–Kier alpha value is -1.51. The Balaban J connectivity index is 1.81. The molecule has 1 aliphatic rings. The van der Waals surface area contributed by atoms with Gasteiger partial charge < -0.3 is 10.2 Å². The molecule has 1 amide bonds. The third-order valence-corrected chi connectivity index (χ3v) is 4.51. The molecule has 0 bridgehead atoms. The first-order valence-corrected chi connectivity index (χ1v) is 8.26. The maximum atomic E-state index is 12.2. The second-order valence-electron chi connectivity index (χ2n) is 6.20. The van der Waals surface area contributed by atoms with E-state index in [9.17, 15) is 4.79 Å². The molecule has 3 heteroatoms. The highest BCUT2D eigenvalue weighted by Crippen LogP contribution is 2.29. The quantitative estimate of drug-likeness (QED) is 0.831. The van der Waals surface area contributed by atoms with E-state index >= 15 is 0 Å². The highest BCUT2D eigenvalue weighted by atomic mass is 16.2. The molecule has 0 heterocycles. The number of benzene rings is 1. The number of likely N-dealkylation sites (N-methyl/N-ethyl adjacent to an activating group) is 1. The number of hydrogen-bond acceptors (Lipinski definition) is 2. The number of carbonyl (C=O) groups excluding carboxylic acids is 1. The molecule has 116 valence electrons. The molecule has 1 aromatic carbocycles. The standard InChI is InChI=1S/C18H28N2O/c1-3-4-9-15-10-8-13-17(15)19-18(21)14-20(2)16-11-6-5-7-12-16/h5-7,11-12,15,17H,3-4,8-10,13-14H2,1-2H3,(H,19,21). The van der Waals surface area contributed by atoms with Crippen molar-refractivity contribution in [2.45, 2.75) is 51.5 Å². The van der Waals surface area contributed by atoms with Crippen LogP contribution in [-0.2, 0) is 4.79 Å². The third kappa shape index (κ3) is 4.76. The Bertz CT molecular complexity index is 432. The zero-order valence-corrected chi connectivity index (χ0v) is 13.3. The van der Waals surface area contributed by atoms with Crippen molar-refractivity contribution in [3.63, 3.8) is 0 Å². The number of rotatable bonds is 7. The number of carbonyl (C=O) groups is 1. The maximum Gasteiger partial charge on any atom is 0.239 e. The SMILES string of the molecule is CCCCC1CCCC1NC(=O)CN(C)c1ccccc1. The Labute approximate surface area is 128 Å². The lowest BCUT2D eigenvalue weighted by Crippen LogP contribution is -2.42. The van der Waals surface area contributed by atoms with E-state index in [-0.39, 0.29) is 5.91 Å². The van der Waals surface area contributed by atoms with Crippen molar-refractivity contribution in [2.24, 2.45) is 5.92 Å². The Morgan fingerprint density at radius 2 is 2.05 bits per heavy atom. The molecule has 2 atom stereocenters. The van der Waals surface area contributed by atoms with Crippen molar-refractivity contribution in [3.8, 4) is 0 Å². The summed E-state index contributed by atoms with van der Waals surface area (Å²) in [5, 5.41) is 3.26. The van der Waals surface area contributed by atoms with Gasteiger partial charge in [0.15, 0.2) is 0 Å². The van der Waals surface area contributed by atoms with Crippen LogP contribution < -0.4 is 10.2 Å². The molecule has 1 aliphatic carbocycles. The van der Waals surface area contributed by atoms with Crippen molar-refractivity contribution in [2.75, 3.05) is 18.5 Å². The first-order valence-electron chi connectivity index (χ1n) is 8.26. The largest absolute Gasteiger partial charge is 0.365 e. The maximum absolute atomic E-state index is 12.2. The highest BCUT2D eigenvalue weighted by Gasteiger charge is 2.27. The molecule has 0 saturated heterocycles. The predicted octanol–water partition coefficient (Wildman–Crippen LogP) is 3.60. The van der Waals surface area contributed by atoms with Gasteiger partial charge in [-0.2, -0.15) is 0 Å². The average Bonchev–Trinajstić information content (AvgIpc) is 2.93. The number of nitrogens with one attached hydrogen (secondary N) is 1. The summed E-state index contributed by atoms with van der Waals surface area (Å²) in [4.78, 5) is 14.3. The number of anilines is 1. The van der Waals surface area contributed by atoms with Crippen LogP contribution in [0.2, 0.25) is 0 Å². The second-order valence-corrected chi connectivity index (χ2v) is 6.20. The van der Waals surface area contributed by atoms with Crippen LogP contribution in [0.3, 0.4) is 0 Å². The normalized spacial score (nSPS) is 21.2. The minimum absolute atomic E-state index is 0.148. The molecule has 2 rings (SSSR count). The third-order valence-electron chi connectivity index (χ3n) is 4.51. The minimum Gasteiger partial charge on any atom is -0.365 e. The van der Waals surface area contributed by atoms with Crippen molar-refractivity contribution < 1.29 is 4.79 Å². The van der Waals surface area contributed by atoms with Crippen LogP contribution in [0, 0.1) is 5.92 Å². The van der Waals surface area contributed by atoms with E-state index in [0.717, 1.165) is 12.1 Å². The van der Waals surface area contributed by atoms with Gasteiger partial charge in [0.05, 0.1) is 6.54 Å². The molecule has 3 nitrogen and oxygen atoms in total. The monoisotopic (exact) mass is 288 g/mol. The fourth-order valence-electron chi connectivity index (χ4n) is 3.28. The number of amides is 1. The van der Waals surface area contributed by atoms with Crippen molar-refractivity contribution in [1.29, 1.82) is 0 Å². The van der Waals surface area contributed by atoms with Crippen LogP contribution in [-0.4, -0.2) is 25.5 Å². The van der Waals surface area contributed by atoms with Crippen molar-refractivity contribution in [3.05, 3.63) is 30.3 Å². The summed E-state index contributed by atoms with van der Waals surface area (Å²) in [6.45, 7) is 2.67. The number of para-hydroxylation sites is 1. The van der Waals surface area contributed by atoms with E-state index in [0.29, 0.717) is 18.5 Å². The van der Waals surface area contributed by atoms with E-state index in [2.05, 4.69) is 12.2 Å². The van der Waals surface area contributed by atoms with Gasteiger partial charge in [-0.1, -0.05) is 44.4 Å². The summed E-state index contributed by atoms with van der Waals surface area (Å²) in [6.07, 6.45) is 7.47. The van der Waals surface area contributed by atoms with E-state index in [1.54, 1.807) is 0 Å². The molecule has 1 saturated carbocycles. The molecule has 1 aromatic rings. The van der Waals surface area contributed by atoms with Gasteiger partial charge in [0.2, 0.25) is 5.91 Å². The number of unbranched alkanes of at least 4 members (excludes halogenated alkanes) is 1. The molecule has 1 fully saturated rings. The summed E-state index contributed by atoms with van der Waals surface area (Å²) >= 11 is 0. The lowest BCUT2D eigenvalue weighted by molar-refractivity contribution is -0.120. The van der Waals surface area contributed by atoms with Crippen LogP contribution in [0.25, 0.3) is 0 Å². The Kier molecular flexibility index (Phi) is 6.09. The summed E-state index contributed by atoms with van der Waals surface area (Å²) < 4.78 is 0. The van der Waals surface area contributed by atoms with Gasteiger partial charge in [0, 0.05) is 18.8 Å². The lowest BCUT2D eigenvalue weighted by Gasteiger charge is -2.24. The summed E-state index contributed by atoms with van der Waals surface area (Å²) in [6, 6.07) is 10.5. The average molecular weight is 288 g/mol. The van der Waals surface area contributed by atoms with Gasteiger partial charge >= 0.3 is 0 Å². The Morgan fingerprint density at radius 1 is 1.29 bits per heavy atom. The van der Waals surface area contributed by atoms with Crippen molar-refractivity contribution in [1.82, 2.24) is 5.32 Å². The van der Waals surface area contributed by atoms with Crippen LogP contribution in [0.1, 0.15) is 45.4 Å². The van der Waals surface area contributed by atoms with Gasteiger partial charge in [0.25, 0.3) is 0 Å². The van der Waals surface area contributed by atoms with Gasteiger partial charge in [-0.05, 0) is 37.3 Å². The first-order chi connectivity index (χ1) is 10.2. The summed E-state index contributed by atoms with van der Waals surface area (Å²) in [5.41, 5.74) is 1.08. The fraction of sp³-hybridized carbons (Fsp3) is 0.611. The molecule has 0 spiro atoms. The van der Waals surface area contributed by atoms with E-state index < -0.39 is 0 Å². The zero-order chi connectivity index (χ0) is 15.1. The van der Waals surface area contributed by atoms with E-state index in [4.69, 9.17) is 0 Å². The van der Waals surface area contributed by atoms with Gasteiger partial charge in [-0.25, -0.2) is 0 Å². The Morgan fingerprint density at radius 3 is 2.76 bits per heavy atom. The first kappa shape index (κ1) is 15.9.